The third kappa shape index (κ3) is 4.85. The summed E-state index contributed by atoms with van der Waals surface area (Å²) >= 11 is 0. The predicted molar refractivity (Wildman–Crippen MR) is 105 cm³/mol. The number of fused-ring (bicyclic) bond motifs is 1. The van der Waals surface area contributed by atoms with Crippen molar-refractivity contribution in [2.75, 3.05) is 18.0 Å². The van der Waals surface area contributed by atoms with Crippen molar-refractivity contribution < 1.29 is 14.5 Å². The molecule has 150 valence electrons. The summed E-state index contributed by atoms with van der Waals surface area (Å²) in [5, 5.41) is 13.8. The zero-order chi connectivity index (χ0) is 20.3. The highest BCUT2D eigenvalue weighted by Crippen LogP contribution is 2.25. The average Bonchev–Trinajstić information content (AvgIpc) is 2.64. The molecule has 1 atom stereocenters. The number of rotatable bonds is 4. The number of piperidine rings is 1. The molecule has 0 unspecified atom stereocenters. The molecule has 2 aromatic rings. The second-order valence-corrected chi connectivity index (χ2v) is 7.88. The standard InChI is InChI=1S/C19H25N5O4/c1-19(2,3)28-18(25)21-11-14-6-4-5-9-23(14)17-12-20-16-10-13(24(26)27)7-8-15(16)22-17/h7-8,10,12,14H,4-6,9,11H2,1-3H3,(H,21,25)/t14-/m0/s1. The molecule has 2 heterocycles. The van der Waals surface area contributed by atoms with Crippen molar-refractivity contribution in [3.05, 3.63) is 34.5 Å². The molecule has 1 aromatic carbocycles. The number of ether oxygens (including phenoxy) is 1. The largest absolute Gasteiger partial charge is 0.444 e. The first-order chi connectivity index (χ1) is 13.2. The van der Waals surface area contributed by atoms with Crippen LogP contribution in [0.5, 0.6) is 0 Å². The van der Waals surface area contributed by atoms with E-state index in [9.17, 15) is 14.9 Å². The van der Waals surface area contributed by atoms with Crippen molar-refractivity contribution in [2.24, 2.45) is 0 Å². The summed E-state index contributed by atoms with van der Waals surface area (Å²) in [4.78, 5) is 33.6. The Morgan fingerprint density at radius 3 is 2.86 bits per heavy atom. The normalized spacial score (nSPS) is 17.4. The van der Waals surface area contributed by atoms with Gasteiger partial charge in [0.2, 0.25) is 0 Å². The topological polar surface area (TPSA) is 110 Å². The van der Waals surface area contributed by atoms with Gasteiger partial charge in [0, 0.05) is 31.3 Å². The number of nitro groups is 1. The minimum absolute atomic E-state index is 0.00744. The lowest BCUT2D eigenvalue weighted by Gasteiger charge is -2.36. The van der Waals surface area contributed by atoms with Crippen molar-refractivity contribution in [2.45, 2.75) is 51.7 Å². The lowest BCUT2D eigenvalue weighted by molar-refractivity contribution is -0.384. The number of hydrogen-bond donors (Lipinski definition) is 1. The molecule has 3 rings (SSSR count). The summed E-state index contributed by atoms with van der Waals surface area (Å²) in [6.45, 7) is 6.75. The summed E-state index contributed by atoms with van der Waals surface area (Å²) in [7, 11) is 0. The fourth-order valence-corrected chi connectivity index (χ4v) is 3.27. The Morgan fingerprint density at radius 1 is 1.36 bits per heavy atom. The SMILES string of the molecule is CC(C)(C)OC(=O)NC[C@@H]1CCCCN1c1cnc2cc([N+](=O)[O-])ccc2n1. The van der Waals surface area contributed by atoms with Crippen LogP contribution >= 0.6 is 0 Å². The Bertz CT molecular complexity index is 880. The van der Waals surface area contributed by atoms with Gasteiger partial charge in [-0.3, -0.25) is 15.1 Å². The number of carbonyl (C=O) groups is 1. The van der Waals surface area contributed by atoms with Crippen molar-refractivity contribution >= 4 is 28.6 Å². The number of anilines is 1. The Kier molecular flexibility index (Phi) is 5.62. The van der Waals surface area contributed by atoms with E-state index in [0.29, 0.717) is 23.4 Å². The van der Waals surface area contributed by atoms with E-state index < -0.39 is 16.6 Å². The Labute approximate surface area is 163 Å². The van der Waals surface area contributed by atoms with E-state index in [1.807, 2.05) is 20.8 Å². The number of benzene rings is 1. The molecule has 9 nitrogen and oxygen atoms in total. The van der Waals surface area contributed by atoms with Crippen molar-refractivity contribution in [3.8, 4) is 0 Å². The molecule has 9 heteroatoms. The van der Waals surface area contributed by atoms with Crippen LogP contribution in [0.25, 0.3) is 11.0 Å². The Balaban J connectivity index is 1.75. The molecular weight excluding hydrogens is 362 g/mol. The van der Waals surface area contributed by atoms with Gasteiger partial charge in [-0.1, -0.05) is 0 Å². The number of hydrogen-bond acceptors (Lipinski definition) is 7. The van der Waals surface area contributed by atoms with Crippen LogP contribution in [0.2, 0.25) is 0 Å². The number of carbonyl (C=O) groups excluding carboxylic acids is 1. The molecule has 1 N–H and O–H groups in total. The van der Waals surface area contributed by atoms with Gasteiger partial charge in [-0.05, 0) is 46.1 Å². The number of nitro benzene ring substituents is 1. The first kappa shape index (κ1) is 19.8. The molecule has 0 bridgehead atoms. The third-order valence-electron chi connectivity index (χ3n) is 4.53. The predicted octanol–water partition coefficient (Wildman–Crippen LogP) is 3.42. The number of nitrogens with one attached hydrogen (secondary N) is 1. The first-order valence-electron chi connectivity index (χ1n) is 9.37. The van der Waals surface area contributed by atoms with Crippen LogP contribution in [-0.2, 0) is 4.74 Å². The summed E-state index contributed by atoms with van der Waals surface area (Å²) in [5.41, 5.74) is 0.542. The molecular formula is C19H25N5O4. The molecule has 1 aliphatic heterocycles. The van der Waals surface area contributed by atoms with Crippen LogP contribution in [0.3, 0.4) is 0 Å². The molecule has 0 radical (unpaired) electrons. The van der Waals surface area contributed by atoms with Gasteiger partial charge in [0.25, 0.3) is 5.69 Å². The lowest BCUT2D eigenvalue weighted by atomic mass is 10.0. The summed E-state index contributed by atoms with van der Waals surface area (Å²) < 4.78 is 5.31. The molecule has 1 aliphatic rings. The highest BCUT2D eigenvalue weighted by Gasteiger charge is 2.26. The third-order valence-corrected chi connectivity index (χ3v) is 4.53. The smallest absolute Gasteiger partial charge is 0.407 e. The summed E-state index contributed by atoms with van der Waals surface area (Å²) in [6.07, 6.45) is 4.23. The maximum Gasteiger partial charge on any atom is 0.407 e. The first-order valence-corrected chi connectivity index (χ1v) is 9.37. The monoisotopic (exact) mass is 387 g/mol. The van der Waals surface area contributed by atoms with Crippen LogP contribution in [0.4, 0.5) is 16.3 Å². The van der Waals surface area contributed by atoms with Crippen LogP contribution in [0, 0.1) is 10.1 Å². The quantitative estimate of drug-likeness (QED) is 0.632. The maximum absolute atomic E-state index is 12.0. The van der Waals surface area contributed by atoms with E-state index in [2.05, 4.69) is 20.2 Å². The average molecular weight is 387 g/mol. The molecule has 1 saturated heterocycles. The molecule has 0 spiro atoms. The van der Waals surface area contributed by atoms with Crippen LogP contribution in [0.1, 0.15) is 40.0 Å². The number of aromatic nitrogens is 2. The second kappa shape index (κ2) is 7.95. The lowest BCUT2D eigenvalue weighted by Crippen LogP contribution is -2.48. The molecule has 0 aliphatic carbocycles. The number of alkyl carbamates (subject to hydrolysis) is 1. The minimum Gasteiger partial charge on any atom is -0.444 e. The van der Waals surface area contributed by atoms with Gasteiger partial charge in [-0.25, -0.2) is 9.78 Å². The van der Waals surface area contributed by atoms with E-state index >= 15 is 0 Å². The zero-order valence-electron chi connectivity index (χ0n) is 16.3. The number of non-ortho nitro benzene ring substituents is 1. The molecule has 28 heavy (non-hydrogen) atoms. The van der Waals surface area contributed by atoms with Gasteiger partial charge in [0.15, 0.2) is 0 Å². The highest BCUT2D eigenvalue weighted by atomic mass is 16.6. The van der Waals surface area contributed by atoms with E-state index in [1.165, 1.54) is 12.1 Å². The van der Waals surface area contributed by atoms with Crippen LogP contribution < -0.4 is 10.2 Å². The van der Waals surface area contributed by atoms with E-state index in [1.54, 1.807) is 12.3 Å². The summed E-state index contributed by atoms with van der Waals surface area (Å²) in [5.74, 6) is 0.706. The number of nitrogens with zero attached hydrogens (tertiary/aromatic N) is 4. The molecule has 0 saturated carbocycles. The molecule has 1 aromatic heterocycles. The van der Waals surface area contributed by atoms with E-state index in [4.69, 9.17) is 4.74 Å². The number of amides is 1. The maximum atomic E-state index is 12.0. The second-order valence-electron chi connectivity index (χ2n) is 7.88. The minimum atomic E-state index is -0.539. The van der Waals surface area contributed by atoms with Gasteiger partial charge in [-0.2, -0.15) is 0 Å². The van der Waals surface area contributed by atoms with E-state index in [-0.39, 0.29) is 11.7 Å². The van der Waals surface area contributed by atoms with Crippen molar-refractivity contribution in [3.63, 3.8) is 0 Å². The van der Waals surface area contributed by atoms with E-state index in [0.717, 1.165) is 25.8 Å². The zero-order valence-corrected chi connectivity index (χ0v) is 16.3. The Hall–Kier alpha value is -2.97. The van der Waals surface area contributed by atoms with Crippen LogP contribution in [0.15, 0.2) is 24.4 Å². The van der Waals surface area contributed by atoms with Crippen molar-refractivity contribution in [1.29, 1.82) is 0 Å². The fourth-order valence-electron chi connectivity index (χ4n) is 3.27. The van der Waals surface area contributed by atoms with Gasteiger partial charge < -0.3 is 15.0 Å². The molecule has 1 amide bonds. The van der Waals surface area contributed by atoms with Crippen molar-refractivity contribution in [1.82, 2.24) is 15.3 Å². The van der Waals surface area contributed by atoms with Gasteiger partial charge in [0.1, 0.15) is 11.4 Å². The summed E-state index contributed by atoms with van der Waals surface area (Å²) in [6, 6.07) is 4.55. The fraction of sp³-hybridized carbons (Fsp3) is 0.526. The van der Waals surface area contributed by atoms with Crippen LogP contribution in [-0.4, -0.2) is 45.7 Å². The van der Waals surface area contributed by atoms with Gasteiger partial charge in [0.05, 0.1) is 22.2 Å². The van der Waals surface area contributed by atoms with Gasteiger partial charge in [-0.15, -0.1) is 0 Å². The van der Waals surface area contributed by atoms with Gasteiger partial charge >= 0.3 is 6.09 Å². The molecule has 1 fully saturated rings. The highest BCUT2D eigenvalue weighted by molar-refractivity contribution is 5.78. The Morgan fingerprint density at radius 2 is 2.14 bits per heavy atom.